The van der Waals surface area contributed by atoms with Gasteiger partial charge in [0.05, 0.1) is 33.0 Å². The van der Waals surface area contributed by atoms with Crippen LogP contribution < -0.4 is 0 Å². The van der Waals surface area contributed by atoms with Crippen LogP contribution in [0.5, 0.6) is 0 Å². The molecule has 0 spiro atoms. The fourth-order valence-electron chi connectivity index (χ4n) is 3.76. The predicted molar refractivity (Wildman–Crippen MR) is 115 cm³/mol. The van der Waals surface area contributed by atoms with Gasteiger partial charge in [0.1, 0.15) is 12.1 Å². The molecule has 31 heavy (non-hydrogen) atoms. The van der Waals surface area contributed by atoms with Gasteiger partial charge in [0.15, 0.2) is 6.29 Å². The van der Waals surface area contributed by atoms with E-state index in [0.717, 1.165) is 11.1 Å². The number of methoxy groups -OCH3 is 2. The molecule has 168 valence electrons. The van der Waals surface area contributed by atoms with Crippen molar-refractivity contribution in [2.45, 2.75) is 37.6 Å². The van der Waals surface area contributed by atoms with Crippen molar-refractivity contribution in [3.63, 3.8) is 0 Å². The van der Waals surface area contributed by atoms with Gasteiger partial charge in [-0.05, 0) is 17.5 Å². The quantitative estimate of drug-likeness (QED) is 0.611. The maximum atomic E-state index is 12.7. The fourth-order valence-corrected chi connectivity index (χ4v) is 3.76. The number of hydrogen-bond acceptors (Lipinski definition) is 7. The van der Waals surface area contributed by atoms with Crippen LogP contribution in [0, 0.1) is 0 Å². The lowest BCUT2D eigenvalue weighted by molar-refractivity contribution is -0.184. The second-order valence-corrected chi connectivity index (χ2v) is 7.54. The molecule has 1 saturated heterocycles. The SMILES string of the molecule is COC(=O)[C@@H](Cc1ccccc1)N1C[C@@H](OC)O[C@H](CO)[C@@H](OCc2ccccc2)C1. The van der Waals surface area contributed by atoms with Crippen LogP contribution in [0.3, 0.4) is 0 Å². The highest BCUT2D eigenvalue weighted by molar-refractivity contribution is 5.76. The van der Waals surface area contributed by atoms with Crippen molar-refractivity contribution in [3.05, 3.63) is 71.8 Å². The van der Waals surface area contributed by atoms with Crippen LogP contribution >= 0.6 is 0 Å². The molecular formula is C24H31NO6. The van der Waals surface area contributed by atoms with E-state index < -0.39 is 24.5 Å². The van der Waals surface area contributed by atoms with Crippen LogP contribution in [0.15, 0.2) is 60.7 Å². The summed E-state index contributed by atoms with van der Waals surface area (Å²) in [6, 6.07) is 19.1. The molecule has 0 aromatic heterocycles. The van der Waals surface area contributed by atoms with Gasteiger partial charge in [0.25, 0.3) is 0 Å². The maximum Gasteiger partial charge on any atom is 0.323 e. The molecule has 2 aromatic carbocycles. The van der Waals surface area contributed by atoms with E-state index in [-0.39, 0.29) is 12.6 Å². The molecule has 1 N–H and O–H groups in total. The summed E-state index contributed by atoms with van der Waals surface area (Å²) in [6.45, 7) is 0.905. The molecular weight excluding hydrogens is 398 g/mol. The van der Waals surface area contributed by atoms with Crippen molar-refractivity contribution in [1.29, 1.82) is 0 Å². The van der Waals surface area contributed by atoms with Gasteiger partial charge in [0, 0.05) is 13.7 Å². The van der Waals surface area contributed by atoms with E-state index in [2.05, 4.69) is 0 Å². The van der Waals surface area contributed by atoms with Gasteiger partial charge in [0.2, 0.25) is 0 Å². The Hall–Kier alpha value is -2.29. The summed E-state index contributed by atoms with van der Waals surface area (Å²) >= 11 is 0. The van der Waals surface area contributed by atoms with Gasteiger partial charge in [-0.2, -0.15) is 0 Å². The molecule has 1 heterocycles. The molecule has 1 aliphatic heterocycles. The van der Waals surface area contributed by atoms with Crippen LogP contribution in [-0.2, 0) is 36.8 Å². The number of carbonyl (C=O) groups excluding carboxylic acids is 1. The average Bonchev–Trinajstić information content (AvgIpc) is 3.01. The summed E-state index contributed by atoms with van der Waals surface area (Å²) in [5, 5.41) is 9.94. The molecule has 7 heteroatoms. The van der Waals surface area contributed by atoms with Crippen molar-refractivity contribution in [3.8, 4) is 0 Å². The largest absolute Gasteiger partial charge is 0.468 e. The standard InChI is InChI=1S/C24H31NO6/c1-28-23-15-25(20(24(27)29-2)13-18-9-5-3-6-10-18)14-21(22(16-26)31-23)30-17-19-11-7-4-8-12-19/h3-12,20-23,26H,13-17H2,1-2H3/t20-,21+,22-,23+/m1/s1. The highest BCUT2D eigenvalue weighted by Gasteiger charge is 2.38. The zero-order valence-electron chi connectivity index (χ0n) is 18.1. The van der Waals surface area contributed by atoms with E-state index in [9.17, 15) is 9.90 Å². The van der Waals surface area contributed by atoms with Crippen LogP contribution in [-0.4, -0.2) is 74.4 Å². The van der Waals surface area contributed by atoms with Crippen LogP contribution in [0.25, 0.3) is 0 Å². The molecule has 0 bridgehead atoms. The van der Waals surface area contributed by atoms with E-state index in [1.165, 1.54) is 7.11 Å². The summed E-state index contributed by atoms with van der Waals surface area (Å²) in [4.78, 5) is 14.7. The lowest BCUT2D eigenvalue weighted by atomic mass is 10.0. The Morgan fingerprint density at radius 2 is 1.71 bits per heavy atom. The minimum Gasteiger partial charge on any atom is -0.468 e. The molecule has 2 aromatic rings. The third-order valence-corrected chi connectivity index (χ3v) is 5.47. The number of ether oxygens (including phenoxy) is 4. The third kappa shape index (κ3) is 6.59. The van der Waals surface area contributed by atoms with Gasteiger partial charge < -0.3 is 24.1 Å². The Kier molecular flexibility index (Phi) is 8.99. The first kappa shape index (κ1) is 23.4. The van der Waals surface area contributed by atoms with Crippen LogP contribution in [0.1, 0.15) is 11.1 Å². The normalized spacial score (nSPS) is 23.1. The smallest absolute Gasteiger partial charge is 0.323 e. The molecule has 1 aliphatic rings. The second-order valence-electron chi connectivity index (χ2n) is 7.54. The van der Waals surface area contributed by atoms with Crippen molar-refractivity contribution < 1.29 is 28.8 Å². The first-order valence-electron chi connectivity index (χ1n) is 10.4. The maximum absolute atomic E-state index is 12.7. The number of carbonyl (C=O) groups is 1. The summed E-state index contributed by atoms with van der Waals surface area (Å²) in [5.74, 6) is -0.331. The van der Waals surface area contributed by atoms with E-state index in [1.54, 1.807) is 7.11 Å². The lowest BCUT2D eigenvalue weighted by Gasteiger charge is -2.31. The molecule has 0 amide bonds. The number of esters is 1. The summed E-state index contributed by atoms with van der Waals surface area (Å²) < 4.78 is 22.7. The summed E-state index contributed by atoms with van der Waals surface area (Å²) in [6.07, 6.45) is -1.15. The van der Waals surface area contributed by atoms with Gasteiger partial charge in [-0.25, -0.2) is 0 Å². The number of benzene rings is 2. The molecule has 0 aliphatic carbocycles. The van der Waals surface area contributed by atoms with Crippen molar-refractivity contribution in [1.82, 2.24) is 4.90 Å². The first-order chi connectivity index (χ1) is 15.1. The topological polar surface area (TPSA) is 77.5 Å². The van der Waals surface area contributed by atoms with Gasteiger partial charge in [-0.3, -0.25) is 9.69 Å². The van der Waals surface area contributed by atoms with Gasteiger partial charge in [-0.15, -0.1) is 0 Å². The third-order valence-electron chi connectivity index (χ3n) is 5.47. The Morgan fingerprint density at radius 1 is 1.06 bits per heavy atom. The van der Waals surface area contributed by atoms with E-state index in [1.807, 2.05) is 65.6 Å². The molecule has 7 nitrogen and oxygen atoms in total. The highest BCUT2D eigenvalue weighted by Crippen LogP contribution is 2.21. The molecule has 1 fully saturated rings. The summed E-state index contributed by atoms with van der Waals surface area (Å²) in [7, 11) is 2.94. The zero-order valence-corrected chi connectivity index (χ0v) is 18.1. The Balaban J connectivity index is 1.81. The molecule has 0 radical (unpaired) electrons. The van der Waals surface area contributed by atoms with Gasteiger partial charge >= 0.3 is 5.97 Å². The van der Waals surface area contributed by atoms with Gasteiger partial charge in [-0.1, -0.05) is 60.7 Å². The average molecular weight is 430 g/mol. The number of aliphatic hydroxyl groups excluding tert-OH is 1. The molecule has 0 unspecified atom stereocenters. The lowest BCUT2D eigenvalue weighted by Crippen LogP contribution is -2.49. The Bertz CT molecular complexity index is 787. The van der Waals surface area contributed by atoms with Crippen LogP contribution in [0.2, 0.25) is 0 Å². The van der Waals surface area contributed by atoms with E-state index >= 15 is 0 Å². The Morgan fingerprint density at radius 3 is 2.29 bits per heavy atom. The first-order valence-corrected chi connectivity index (χ1v) is 10.4. The highest BCUT2D eigenvalue weighted by atomic mass is 16.7. The fraction of sp³-hybridized carbons (Fsp3) is 0.458. The number of rotatable bonds is 9. The number of aliphatic hydroxyl groups is 1. The minimum absolute atomic E-state index is 0.214. The molecule has 3 rings (SSSR count). The number of nitrogens with zero attached hydrogens (tertiary/aromatic N) is 1. The van der Waals surface area contributed by atoms with E-state index in [4.69, 9.17) is 18.9 Å². The van der Waals surface area contributed by atoms with Crippen LogP contribution in [0.4, 0.5) is 0 Å². The van der Waals surface area contributed by atoms with Crippen molar-refractivity contribution >= 4 is 5.97 Å². The molecule has 0 saturated carbocycles. The van der Waals surface area contributed by atoms with Crippen molar-refractivity contribution in [2.24, 2.45) is 0 Å². The Labute approximate surface area is 183 Å². The van der Waals surface area contributed by atoms with E-state index in [0.29, 0.717) is 26.1 Å². The zero-order chi connectivity index (χ0) is 22.1. The monoisotopic (exact) mass is 429 g/mol. The minimum atomic E-state index is -0.606. The second kappa shape index (κ2) is 11.9. The predicted octanol–water partition coefficient (Wildman–Crippen LogP) is 2.02. The van der Waals surface area contributed by atoms with Crippen molar-refractivity contribution in [2.75, 3.05) is 33.9 Å². The molecule has 4 atom stereocenters. The summed E-state index contributed by atoms with van der Waals surface area (Å²) in [5.41, 5.74) is 2.05. The number of hydrogen-bond donors (Lipinski definition) is 1.